The molecule has 128 valence electrons. The summed E-state index contributed by atoms with van der Waals surface area (Å²) in [7, 11) is 1.74. The number of hydrogen-bond acceptors (Lipinski definition) is 6. The Morgan fingerprint density at radius 2 is 2.17 bits per heavy atom. The number of carbonyl (C=O) groups is 1. The Morgan fingerprint density at radius 1 is 1.46 bits per heavy atom. The van der Waals surface area contributed by atoms with Crippen LogP contribution < -0.4 is 5.32 Å². The van der Waals surface area contributed by atoms with Crippen LogP contribution in [-0.2, 0) is 23.0 Å². The van der Waals surface area contributed by atoms with Crippen molar-refractivity contribution in [1.29, 1.82) is 0 Å². The largest absolute Gasteiger partial charge is 0.458 e. The van der Waals surface area contributed by atoms with Gasteiger partial charge in [0.2, 0.25) is 0 Å². The van der Waals surface area contributed by atoms with Gasteiger partial charge in [-0.15, -0.1) is 5.10 Å². The van der Waals surface area contributed by atoms with Crippen LogP contribution in [0.1, 0.15) is 12.5 Å². The van der Waals surface area contributed by atoms with Gasteiger partial charge in [-0.25, -0.2) is 4.68 Å². The Hall–Kier alpha value is -1.96. The first kappa shape index (κ1) is 16.9. The molecular formula is C16H19ClN4O3. The van der Waals surface area contributed by atoms with Crippen molar-refractivity contribution in [3.8, 4) is 11.3 Å². The van der Waals surface area contributed by atoms with Gasteiger partial charge in [0.05, 0.1) is 6.04 Å². The first-order valence-corrected chi connectivity index (χ1v) is 8.06. The fourth-order valence-corrected chi connectivity index (χ4v) is 3.07. The first-order valence-electron chi connectivity index (χ1n) is 7.69. The highest BCUT2D eigenvalue weighted by molar-refractivity contribution is 6.31. The van der Waals surface area contributed by atoms with Gasteiger partial charge in [0.15, 0.2) is 5.15 Å². The number of aromatic nitrogens is 3. The van der Waals surface area contributed by atoms with E-state index in [1.165, 1.54) is 11.6 Å². The molecule has 0 saturated carbocycles. The average molecular weight is 351 g/mol. The fraction of sp³-hybridized carbons (Fsp3) is 0.438. The summed E-state index contributed by atoms with van der Waals surface area (Å²) in [5, 5.41) is 21.6. The van der Waals surface area contributed by atoms with Crippen LogP contribution >= 0.6 is 11.6 Å². The van der Waals surface area contributed by atoms with Crippen molar-refractivity contribution in [2.45, 2.75) is 31.6 Å². The molecule has 1 aliphatic rings. The van der Waals surface area contributed by atoms with E-state index in [1.54, 1.807) is 7.05 Å². The van der Waals surface area contributed by atoms with E-state index in [9.17, 15) is 9.90 Å². The minimum Gasteiger partial charge on any atom is -0.458 e. The van der Waals surface area contributed by atoms with Crippen LogP contribution in [0, 0.1) is 0 Å². The lowest BCUT2D eigenvalue weighted by Crippen LogP contribution is -2.38. The molecule has 3 atom stereocenters. The summed E-state index contributed by atoms with van der Waals surface area (Å²) in [6, 6.07) is 7.68. The molecule has 2 heterocycles. The second-order valence-corrected chi connectivity index (χ2v) is 6.27. The van der Waals surface area contributed by atoms with E-state index in [4.69, 9.17) is 16.3 Å². The summed E-state index contributed by atoms with van der Waals surface area (Å²) < 4.78 is 6.74. The maximum absolute atomic E-state index is 11.2. The molecule has 0 bridgehead atoms. The van der Waals surface area contributed by atoms with Crippen molar-refractivity contribution < 1.29 is 14.6 Å². The zero-order chi connectivity index (χ0) is 17.3. The highest BCUT2D eigenvalue weighted by Crippen LogP contribution is 2.25. The molecule has 0 aliphatic carbocycles. The number of nitrogens with one attached hydrogen (secondary N) is 1. The minimum atomic E-state index is -0.684. The molecule has 1 aliphatic heterocycles. The Bertz CT molecular complexity index is 731. The van der Waals surface area contributed by atoms with Gasteiger partial charge in [-0.1, -0.05) is 41.1 Å². The smallest absolute Gasteiger partial charge is 0.303 e. The molecule has 24 heavy (non-hydrogen) atoms. The van der Waals surface area contributed by atoms with Crippen LogP contribution in [0.5, 0.6) is 0 Å². The Balaban J connectivity index is 1.72. The van der Waals surface area contributed by atoms with Crippen molar-refractivity contribution in [3.05, 3.63) is 35.0 Å². The fourth-order valence-electron chi connectivity index (χ4n) is 2.89. The predicted octanol–water partition coefficient (Wildman–Crippen LogP) is 0.942. The molecule has 0 radical (unpaired) electrons. The maximum atomic E-state index is 11.2. The second-order valence-electron chi connectivity index (χ2n) is 5.91. The third-order valence-electron chi connectivity index (χ3n) is 4.11. The normalized spacial score (nSPS) is 23.4. The minimum absolute atomic E-state index is 0.116. The molecule has 2 aromatic rings. The molecule has 8 heteroatoms. The molecular weight excluding hydrogens is 332 g/mol. The molecule has 1 aromatic heterocycles. The van der Waals surface area contributed by atoms with Gasteiger partial charge in [0.25, 0.3) is 0 Å². The number of halogens is 1. The van der Waals surface area contributed by atoms with E-state index in [2.05, 4.69) is 15.6 Å². The molecule has 1 saturated heterocycles. The number of aryl methyl sites for hydroxylation is 1. The van der Waals surface area contributed by atoms with E-state index < -0.39 is 12.2 Å². The van der Waals surface area contributed by atoms with Crippen molar-refractivity contribution in [2.75, 3.05) is 6.54 Å². The lowest BCUT2D eigenvalue weighted by Gasteiger charge is -2.21. The zero-order valence-corrected chi connectivity index (χ0v) is 14.2. The molecule has 3 rings (SSSR count). The second kappa shape index (κ2) is 6.88. The lowest BCUT2D eigenvalue weighted by atomic mass is 10.00. The van der Waals surface area contributed by atoms with Crippen LogP contribution in [0.25, 0.3) is 11.3 Å². The molecule has 1 aromatic carbocycles. The van der Waals surface area contributed by atoms with E-state index in [-0.39, 0.29) is 12.0 Å². The number of aliphatic hydroxyl groups excluding tert-OH is 1. The summed E-state index contributed by atoms with van der Waals surface area (Å²) in [5.74, 6) is -0.389. The third kappa shape index (κ3) is 3.43. The van der Waals surface area contributed by atoms with Gasteiger partial charge < -0.3 is 15.2 Å². The topological polar surface area (TPSA) is 89.3 Å². The number of esters is 1. The van der Waals surface area contributed by atoms with Crippen molar-refractivity contribution in [1.82, 2.24) is 20.3 Å². The van der Waals surface area contributed by atoms with Gasteiger partial charge >= 0.3 is 5.97 Å². The van der Waals surface area contributed by atoms with E-state index in [0.717, 1.165) is 11.1 Å². The Morgan fingerprint density at radius 3 is 2.75 bits per heavy atom. The molecule has 2 N–H and O–H groups in total. The molecule has 7 nitrogen and oxygen atoms in total. The molecule has 1 fully saturated rings. The summed E-state index contributed by atoms with van der Waals surface area (Å²) in [6.45, 7) is 1.76. The van der Waals surface area contributed by atoms with E-state index >= 15 is 0 Å². The van der Waals surface area contributed by atoms with Crippen LogP contribution in [0.15, 0.2) is 24.3 Å². The van der Waals surface area contributed by atoms with Gasteiger partial charge in [0.1, 0.15) is 17.9 Å². The first-order chi connectivity index (χ1) is 11.5. The number of β-amino-alcohol motifs (C(OH)–C–C–N with tert-alkyl or cyclic N) is 1. The SMILES string of the molecule is CC(=O)O[C@@H]1[C@@H](O)CN[C@@H]1Cc1ccc(-c2nnn(C)c2Cl)cc1. The number of rotatable bonds is 4. The van der Waals surface area contributed by atoms with E-state index in [0.29, 0.717) is 23.8 Å². The number of ether oxygens (including phenoxy) is 1. The van der Waals surface area contributed by atoms with Crippen LogP contribution in [0.2, 0.25) is 5.15 Å². The van der Waals surface area contributed by atoms with E-state index in [1.807, 2.05) is 24.3 Å². The Kier molecular flexibility index (Phi) is 4.84. The van der Waals surface area contributed by atoms with Gasteiger partial charge in [-0.05, 0) is 12.0 Å². The average Bonchev–Trinajstić information content (AvgIpc) is 3.05. The van der Waals surface area contributed by atoms with Crippen molar-refractivity contribution in [3.63, 3.8) is 0 Å². The molecule has 0 unspecified atom stereocenters. The number of carbonyl (C=O) groups excluding carboxylic acids is 1. The number of aliphatic hydroxyl groups is 1. The van der Waals surface area contributed by atoms with Crippen LogP contribution in [0.3, 0.4) is 0 Å². The zero-order valence-electron chi connectivity index (χ0n) is 13.4. The summed E-state index contributed by atoms with van der Waals surface area (Å²) in [5.41, 5.74) is 2.58. The van der Waals surface area contributed by atoms with Crippen molar-refractivity contribution >= 4 is 17.6 Å². The predicted molar refractivity (Wildman–Crippen MR) is 88.5 cm³/mol. The highest BCUT2D eigenvalue weighted by atomic mass is 35.5. The third-order valence-corrected chi connectivity index (χ3v) is 4.53. The maximum Gasteiger partial charge on any atom is 0.303 e. The highest BCUT2D eigenvalue weighted by Gasteiger charge is 2.37. The Labute approximate surface area is 144 Å². The van der Waals surface area contributed by atoms with Crippen LogP contribution in [-0.4, -0.2) is 50.9 Å². The van der Waals surface area contributed by atoms with Gasteiger partial charge in [-0.3, -0.25) is 4.79 Å². The van der Waals surface area contributed by atoms with Crippen LogP contribution in [0.4, 0.5) is 0 Å². The summed E-state index contributed by atoms with van der Waals surface area (Å²) in [6.07, 6.45) is -0.572. The quantitative estimate of drug-likeness (QED) is 0.798. The molecule has 0 spiro atoms. The molecule has 0 amide bonds. The standard InChI is InChI=1S/C16H19ClN4O3/c1-9(22)24-15-12(18-8-13(15)23)7-10-3-5-11(6-4-10)14-16(17)21(2)20-19-14/h3-6,12-13,15,18,23H,7-8H2,1-2H3/t12-,13+,15+/m1/s1. The summed E-state index contributed by atoms with van der Waals surface area (Å²) >= 11 is 6.16. The number of hydrogen-bond donors (Lipinski definition) is 2. The number of nitrogens with zero attached hydrogens (tertiary/aromatic N) is 3. The van der Waals surface area contributed by atoms with Gasteiger partial charge in [-0.2, -0.15) is 0 Å². The lowest BCUT2D eigenvalue weighted by molar-refractivity contribution is -0.151. The number of benzene rings is 1. The van der Waals surface area contributed by atoms with Crippen molar-refractivity contribution in [2.24, 2.45) is 7.05 Å². The van der Waals surface area contributed by atoms with Gasteiger partial charge in [0, 0.05) is 26.1 Å². The summed E-state index contributed by atoms with van der Waals surface area (Å²) in [4.78, 5) is 11.2. The monoisotopic (exact) mass is 350 g/mol.